The number of aliphatic hydroxyl groups excluding tert-OH is 2. The molecule has 0 aliphatic heterocycles. The Bertz CT molecular complexity index is 1260. The molecule has 0 aliphatic rings. The molecule has 0 aromatic rings. The normalized spacial score (nSPS) is 15.0. The van der Waals surface area contributed by atoms with Crippen LogP contribution >= 0.6 is 7.82 Å². The van der Waals surface area contributed by atoms with Crippen LogP contribution in [0.3, 0.4) is 0 Å². The van der Waals surface area contributed by atoms with Gasteiger partial charge in [-0.25, -0.2) is 4.57 Å². The summed E-state index contributed by atoms with van der Waals surface area (Å²) in [6.07, 6.45) is 57.6. The first kappa shape index (κ1) is 63.2. The Morgan fingerprint density at radius 1 is 0.569 bits per heavy atom. The Labute approximate surface area is 401 Å². The Balaban J connectivity index is 4.19. The number of nitrogens with one attached hydrogen (secondary N) is 1. The van der Waals surface area contributed by atoms with E-state index in [1.165, 1.54) is 135 Å². The third-order valence-corrected chi connectivity index (χ3v) is 12.9. The van der Waals surface area contributed by atoms with Crippen LogP contribution < -0.4 is 5.32 Å². The van der Waals surface area contributed by atoms with Crippen LogP contribution in [-0.2, 0) is 18.4 Å². The monoisotopic (exact) mass is 936 g/mol. The lowest BCUT2D eigenvalue weighted by molar-refractivity contribution is -0.870. The highest BCUT2D eigenvalue weighted by Crippen LogP contribution is 2.43. The predicted molar refractivity (Wildman–Crippen MR) is 278 cm³/mol. The average Bonchev–Trinajstić information content (AvgIpc) is 3.26. The molecule has 4 atom stereocenters. The number of carbonyl (C=O) groups excluding carboxylic acids is 1. The molecule has 0 saturated heterocycles. The molecule has 380 valence electrons. The van der Waals surface area contributed by atoms with E-state index in [1.807, 2.05) is 28.1 Å². The van der Waals surface area contributed by atoms with Crippen molar-refractivity contribution in [2.24, 2.45) is 0 Å². The summed E-state index contributed by atoms with van der Waals surface area (Å²) in [5.41, 5.74) is 0. The molecule has 0 rings (SSSR count). The Kier molecular flexibility index (Phi) is 44.6. The van der Waals surface area contributed by atoms with E-state index in [1.54, 1.807) is 0 Å². The number of likely N-dealkylation sites (N-methyl/N-ethyl adjacent to an activating group) is 1. The standard InChI is InChI=1S/C55H103N2O7P/c1-6-8-10-12-14-16-18-20-21-22-23-24-25-26-27-28-29-30-31-32-33-34-35-36-38-40-42-44-46-48-54(59)56-52(51-64-65(61,62)63-50-49-57(3,4)5)55(60)53(58)47-45-43-41-39-37-19-17-15-13-11-9-7-2/h7,9,15,17-18,20,22-23,39,41,52-53,55,58,60H,6,8,10-14,16,19,21,24-38,40,42-51H2,1-5H3,(H-,56,59,61,62)/p+1/b9-7+,17-15+,20-18-,23-22-,41-39+. The number of nitrogens with zero attached hydrogens (tertiary/aromatic N) is 1. The molecule has 0 aromatic carbocycles. The molecule has 10 heteroatoms. The summed E-state index contributed by atoms with van der Waals surface area (Å²) in [5, 5.41) is 24.7. The summed E-state index contributed by atoms with van der Waals surface area (Å²) in [6.45, 7) is 4.35. The van der Waals surface area contributed by atoms with Gasteiger partial charge >= 0.3 is 7.82 Å². The molecule has 0 heterocycles. The van der Waals surface area contributed by atoms with Crippen molar-refractivity contribution in [2.45, 2.75) is 244 Å². The van der Waals surface area contributed by atoms with Crippen LogP contribution in [0.2, 0.25) is 0 Å². The molecule has 4 unspecified atom stereocenters. The van der Waals surface area contributed by atoms with E-state index in [0.717, 1.165) is 57.8 Å². The lowest BCUT2D eigenvalue weighted by atomic mass is 10.0. The minimum absolute atomic E-state index is 0.0112. The third-order valence-electron chi connectivity index (χ3n) is 11.9. The number of unbranched alkanes of at least 4 members (excludes halogenated alkanes) is 25. The van der Waals surface area contributed by atoms with Crippen molar-refractivity contribution in [1.82, 2.24) is 5.32 Å². The van der Waals surface area contributed by atoms with Gasteiger partial charge in [-0.1, -0.05) is 190 Å². The zero-order chi connectivity index (χ0) is 48.0. The number of quaternary nitrogens is 1. The van der Waals surface area contributed by atoms with Gasteiger partial charge in [0.15, 0.2) is 0 Å². The van der Waals surface area contributed by atoms with E-state index in [2.05, 4.69) is 73.0 Å². The molecule has 9 nitrogen and oxygen atoms in total. The van der Waals surface area contributed by atoms with Gasteiger partial charge in [-0.15, -0.1) is 0 Å². The maximum absolute atomic E-state index is 13.0. The minimum Gasteiger partial charge on any atom is -0.390 e. The number of amides is 1. The molecule has 0 spiro atoms. The number of aliphatic hydroxyl groups is 2. The summed E-state index contributed by atoms with van der Waals surface area (Å²) in [5.74, 6) is -0.275. The van der Waals surface area contributed by atoms with Crippen LogP contribution in [0.4, 0.5) is 0 Å². The van der Waals surface area contributed by atoms with Crippen LogP contribution in [0, 0.1) is 0 Å². The number of phosphoric ester groups is 1. The van der Waals surface area contributed by atoms with Crippen molar-refractivity contribution >= 4 is 13.7 Å². The largest absolute Gasteiger partial charge is 0.472 e. The molecule has 4 N–H and O–H groups in total. The SMILES string of the molecule is C/C=C/CC/C=C/CC/C=C/CCCC(O)C(O)C(COP(=O)(O)OCC[N+](C)(C)C)NC(=O)CCCCCCCCCCCCCCCCCCC/C=C\C/C=C\CCCCCCC. The highest BCUT2D eigenvalue weighted by Gasteiger charge is 2.31. The highest BCUT2D eigenvalue weighted by atomic mass is 31.2. The Morgan fingerprint density at radius 3 is 1.46 bits per heavy atom. The number of hydrogen-bond donors (Lipinski definition) is 4. The summed E-state index contributed by atoms with van der Waals surface area (Å²) < 4.78 is 23.5. The molecular weight excluding hydrogens is 832 g/mol. The topological polar surface area (TPSA) is 125 Å². The van der Waals surface area contributed by atoms with E-state index in [4.69, 9.17) is 9.05 Å². The van der Waals surface area contributed by atoms with Gasteiger partial charge in [-0.05, 0) is 90.4 Å². The number of carbonyl (C=O) groups is 1. The summed E-state index contributed by atoms with van der Waals surface area (Å²) >= 11 is 0. The van der Waals surface area contributed by atoms with Gasteiger partial charge in [0.2, 0.25) is 5.91 Å². The van der Waals surface area contributed by atoms with Gasteiger partial charge in [-0.3, -0.25) is 13.8 Å². The van der Waals surface area contributed by atoms with Crippen molar-refractivity contribution in [3.63, 3.8) is 0 Å². The molecule has 0 aliphatic carbocycles. The predicted octanol–water partition coefficient (Wildman–Crippen LogP) is 14.7. The maximum atomic E-state index is 13.0. The van der Waals surface area contributed by atoms with Crippen molar-refractivity contribution in [2.75, 3.05) is 40.9 Å². The number of hydrogen-bond acceptors (Lipinski definition) is 6. The van der Waals surface area contributed by atoms with Crippen molar-refractivity contribution < 1.29 is 38.0 Å². The molecule has 0 radical (unpaired) electrons. The van der Waals surface area contributed by atoms with Crippen LogP contribution in [0.25, 0.3) is 0 Å². The van der Waals surface area contributed by atoms with E-state index in [9.17, 15) is 24.5 Å². The summed E-state index contributed by atoms with van der Waals surface area (Å²) in [7, 11) is 1.40. The molecule has 0 saturated carbocycles. The van der Waals surface area contributed by atoms with Gasteiger partial charge in [0, 0.05) is 6.42 Å². The summed E-state index contributed by atoms with van der Waals surface area (Å²) in [6, 6.07) is -1.06. The smallest absolute Gasteiger partial charge is 0.390 e. The maximum Gasteiger partial charge on any atom is 0.472 e. The quantitative estimate of drug-likeness (QED) is 0.0207. The second-order valence-electron chi connectivity index (χ2n) is 19.4. The molecule has 1 amide bonds. The van der Waals surface area contributed by atoms with Crippen molar-refractivity contribution in [1.29, 1.82) is 0 Å². The molecule has 0 bridgehead atoms. The second-order valence-corrected chi connectivity index (χ2v) is 20.8. The number of allylic oxidation sites excluding steroid dienone is 10. The fraction of sp³-hybridized carbons (Fsp3) is 0.800. The fourth-order valence-electron chi connectivity index (χ4n) is 7.62. The van der Waals surface area contributed by atoms with Gasteiger partial charge in [0.1, 0.15) is 19.3 Å². The first-order valence-electron chi connectivity index (χ1n) is 26.7. The van der Waals surface area contributed by atoms with Crippen LogP contribution in [0.5, 0.6) is 0 Å². The van der Waals surface area contributed by atoms with E-state index < -0.39 is 32.7 Å². The number of phosphoric acid groups is 1. The molecule has 65 heavy (non-hydrogen) atoms. The van der Waals surface area contributed by atoms with Crippen molar-refractivity contribution in [3.05, 3.63) is 60.8 Å². The number of rotatable bonds is 48. The summed E-state index contributed by atoms with van der Waals surface area (Å²) in [4.78, 5) is 23.3. The Hall–Kier alpha value is -1.84. The van der Waals surface area contributed by atoms with Gasteiger partial charge in [0.05, 0.1) is 39.9 Å². The third kappa shape index (κ3) is 47.0. The molecule has 0 aromatic heterocycles. The molecular formula is C55H104N2O7P+. The van der Waals surface area contributed by atoms with Gasteiger partial charge in [-0.2, -0.15) is 0 Å². The van der Waals surface area contributed by atoms with Gasteiger partial charge < -0.3 is 24.9 Å². The minimum atomic E-state index is -4.43. The van der Waals surface area contributed by atoms with Crippen LogP contribution in [-0.4, -0.2) is 84.6 Å². The first-order valence-corrected chi connectivity index (χ1v) is 28.2. The second kappa shape index (κ2) is 45.9. The van der Waals surface area contributed by atoms with E-state index >= 15 is 0 Å². The Morgan fingerprint density at radius 2 is 0.985 bits per heavy atom. The zero-order valence-corrected chi connectivity index (χ0v) is 43.7. The van der Waals surface area contributed by atoms with E-state index in [-0.39, 0.29) is 18.9 Å². The van der Waals surface area contributed by atoms with Crippen molar-refractivity contribution in [3.8, 4) is 0 Å². The highest BCUT2D eigenvalue weighted by molar-refractivity contribution is 7.47. The first-order chi connectivity index (χ1) is 31.4. The van der Waals surface area contributed by atoms with E-state index in [0.29, 0.717) is 23.9 Å². The average molecular weight is 936 g/mol. The lowest BCUT2D eigenvalue weighted by Gasteiger charge is -2.28. The molecule has 0 fully saturated rings. The fourth-order valence-corrected chi connectivity index (χ4v) is 8.36. The van der Waals surface area contributed by atoms with Crippen LogP contribution in [0.1, 0.15) is 226 Å². The lowest BCUT2D eigenvalue weighted by Crippen LogP contribution is -2.51. The van der Waals surface area contributed by atoms with Crippen LogP contribution in [0.15, 0.2) is 60.8 Å². The van der Waals surface area contributed by atoms with Gasteiger partial charge in [0.25, 0.3) is 0 Å². The zero-order valence-electron chi connectivity index (χ0n) is 42.8.